The molecule has 0 aliphatic heterocycles. The van der Waals surface area contributed by atoms with Crippen LogP contribution in [0.1, 0.15) is 23.0 Å². The maximum atomic E-state index is 4.49. The van der Waals surface area contributed by atoms with E-state index in [0.717, 1.165) is 24.4 Å². The first-order chi connectivity index (χ1) is 10.4. The van der Waals surface area contributed by atoms with Crippen molar-refractivity contribution in [1.82, 2.24) is 20.3 Å². The van der Waals surface area contributed by atoms with Gasteiger partial charge in [0.1, 0.15) is 0 Å². The highest BCUT2D eigenvalue weighted by Gasteiger charge is 2.14. The molecule has 0 saturated heterocycles. The van der Waals surface area contributed by atoms with E-state index in [0.29, 0.717) is 0 Å². The minimum absolute atomic E-state index is 0.107. The summed E-state index contributed by atoms with van der Waals surface area (Å²) < 4.78 is 0. The van der Waals surface area contributed by atoms with Gasteiger partial charge in [0, 0.05) is 31.1 Å². The van der Waals surface area contributed by atoms with Crippen molar-refractivity contribution in [2.45, 2.75) is 12.5 Å². The number of nitrogens with one attached hydrogen (secondary N) is 2. The maximum Gasteiger partial charge on any atom is 0.0921 e. The first kappa shape index (κ1) is 13.5. The molecule has 0 saturated carbocycles. The van der Waals surface area contributed by atoms with Crippen molar-refractivity contribution in [1.29, 1.82) is 0 Å². The van der Waals surface area contributed by atoms with Crippen LogP contribution < -0.4 is 5.32 Å². The highest BCUT2D eigenvalue weighted by atomic mass is 14.9. The number of rotatable bonds is 6. The van der Waals surface area contributed by atoms with Crippen molar-refractivity contribution < 1.29 is 0 Å². The molecule has 1 atom stereocenters. The topological polar surface area (TPSA) is 53.6 Å². The Labute approximate surface area is 124 Å². The molecule has 0 aliphatic rings. The molecular weight excluding hydrogens is 260 g/mol. The highest BCUT2D eigenvalue weighted by molar-refractivity contribution is 5.27. The number of nitrogens with zero attached hydrogens (tertiary/aromatic N) is 2. The van der Waals surface area contributed by atoms with Crippen LogP contribution in [-0.2, 0) is 6.42 Å². The number of hydrogen-bond acceptors (Lipinski definition) is 3. The van der Waals surface area contributed by atoms with Gasteiger partial charge in [0.2, 0.25) is 0 Å². The van der Waals surface area contributed by atoms with Crippen LogP contribution >= 0.6 is 0 Å². The summed E-state index contributed by atoms with van der Waals surface area (Å²) in [4.78, 5) is 11.7. The average molecular weight is 278 g/mol. The summed E-state index contributed by atoms with van der Waals surface area (Å²) in [7, 11) is 0. The summed E-state index contributed by atoms with van der Waals surface area (Å²) in [6.45, 7) is 0.859. The standard InChI is InChI=1S/C17H18N4/c1-2-6-14(7-3-1)17(16-8-4-5-10-19-16)20-11-9-15-12-18-13-21-15/h1-8,10,12-13,17,20H,9,11H2,(H,18,21). The van der Waals surface area contributed by atoms with E-state index >= 15 is 0 Å². The SMILES string of the molecule is c1ccc(C(NCCc2cnc[nH]2)c2ccccn2)cc1. The summed E-state index contributed by atoms with van der Waals surface area (Å²) in [5.74, 6) is 0. The Kier molecular flexibility index (Phi) is 4.39. The molecule has 4 heteroatoms. The Morgan fingerprint density at radius 3 is 2.62 bits per heavy atom. The summed E-state index contributed by atoms with van der Waals surface area (Å²) in [6, 6.07) is 16.5. The molecule has 0 amide bonds. The van der Waals surface area contributed by atoms with Crippen molar-refractivity contribution >= 4 is 0 Å². The second-order valence-corrected chi connectivity index (χ2v) is 4.88. The summed E-state index contributed by atoms with van der Waals surface area (Å²) >= 11 is 0. The van der Waals surface area contributed by atoms with E-state index in [2.05, 4.69) is 50.6 Å². The van der Waals surface area contributed by atoms with Gasteiger partial charge < -0.3 is 10.3 Å². The molecule has 2 heterocycles. The van der Waals surface area contributed by atoms with Gasteiger partial charge in [0.15, 0.2) is 0 Å². The van der Waals surface area contributed by atoms with Crippen molar-refractivity contribution in [2.24, 2.45) is 0 Å². The number of H-pyrrole nitrogens is 1. The van der Waals surface area contributed by atoms with Gasteiger partial charge in [0.25, 0.3) is 0 Å². The van der Waals surface area contributed by atoms with E-state index in [4.69, 9.17) is 0 Å². The smallest absolute Gasteiger partial charge is 0.0921 e. The van der Waals surface area contributed by atoms with Crippen molar-refractivity contribution in [3.63, 3.8) is 0 Å². The average Bonchev–Trinajstić information content (AvgIpc) is 3.07. The number of aromatic nitrogens is 3. The molecule has 3 aromatic rings. The van der Waals surface area contributed by atoms with E-state index in [1.165, 1.54) is 5.56 Å². The Hall–Kier alpha value is -2.46. The summed E-state index contributed by atoms with van der Waals surface area (Å²) in [5.41, 5.74) is 3.39. The molecule has 4 nitrogen and oxygen atoms in total. The number of benzene rings is 1. The van der Waals surface area contributed by atoms with Crippen LogP contribution in [0.15, 0.2) is 67.3 Å². The van der Waals surface area contributed by atoms with Crippen LogP contribution in [0.4, 0.5) is 0 Å². The molecule has 0 radical (unpaired) electrons. The predicted octanol–water partition coefficient (Wildman–Crippen LogP) is 2.73. The zero-order chi connectivity index (χ0) is 14.3. The molecular formula is C17H18N4. The van der Waals surface area contributed by atoms with Crippen LogP contribution in [0.5, 0.6) is 0 Å². The fourth-order valence-electron chi connectivity index (χ4n) is 2.36. The van der Waals surface area contributed by atoms with Gasteiger partial charge in [-0.25, -0.2) is 4.98 Å². The van der Waals surface area contributed by atoms with E-state index in [1.54, 1.807) is 6.33 Å². The largest absolute Gasteiger partial charge is 0.348 e. The normalized spacial score (nSPS) is 12.2. The Morgan fingerprint density at radius 1 is 1.05 bits per heavy atom. The van der Waals surface area contributed by atoms with Gasteiger partial charge in [-0.3, -0.25) is 4.98 Å². The molecule has 0 aliphatic carbocycles. The molecule has 2 N–H and O–H groups in total. The second-order valence-electron chi connectivity index (χ2n) is 4.88. The van der Waals surface area contributed by atoms with Crippen LogP contribution in [0, 0.1) is 0 Å². The minimum atomic E-state index is 0.107. The number of aromatic amines is 1. The van der Waals surface area contributed by atoms with Gasteiger partial charge in [-0.2, -0.15) is 0 Å². The quantitative estimate of drug-likeness (QED) is 0.729. The molecule has 106 valence electrons. The van der Waals surface area contributed by atoms with Crippen molar-refractivity contribution in [2.75, 3.05) is 6.54 Å². The molecule has 21 heavy (non-hydrogen) atoms. The molecule has 2 aromatic heterocycles. The number of imidazole rings is 1. The van der Waals surface area contributed by atoms with Gasteiger partial charge >= 0.3 is 0 Å². The third kappa shape index (κ3) is 3.55. The Balaban J connectivity index is 1.73. The van der Waals surface area contributed by atoms with Gasteiger partial charge in [-0.1, -0.05) is 36.4 Å². The van der Waals surface area contributed by atoms with Crippen LogP contribution in [0.25, 0.3) is 0 Å². The molecule has 3 rings (SSSR count). The molecule has 0 fully saturated rings. The van der Waals surface area contributed by atoms with Crippen LogP contribution in [0.2, 0.25) is 0 Å². The van der Waals surface area contributed by atoms with E-state index in [1.807, 2.05) is 30.6 Å². The molecule has 1 aromatic carbocycles. The van der Waals surface area contributed by atoms with Crippen molar-refractivity contribution in [3.05, 3.63) is 84.2 Å². The third-order valence-corrected chi connectivity index (χ3v) is 3.41. The lowest BCUT2D eigenvalue weighted by Gasteiger charge is -2.18. The lowest BCUT2D eigenvalue weighted by Crippen LogP contribution is -2.25. The summed E-state index contributed by atoms with van der Waals surface area (Å²) in [5, 5.41) is 3.58. The lowest BCUT2D eigenvalue weighted by atomic mass is 10.0. The predicted molar refractivity (Wildman–Crippen MR) is 82.8 cm³/mol. The third-order valence-electron chi connectivity index (χ3n) is 3.41. The monoisotopic (exact) mass is 278 g/mol. The zero-order valence-corrected chi connectivity index (χ0v) is 11.7. The fourth-order valence-corrected chi connectivity index (χ4v) is 2.36. The Morgan fingerprint density at radius 2 is 1.90 bits per heavy atom. The second kappa shape index (κ2) is 6.81. The van der Waals surface area contributed by atoms with Gasteiger partial charge in [-0.05, 0) is 17.7 Å². The number of hydrogen-bond donors (Lipinski definition) is 2. The Bertz CT molecular complexity index is 596. The first-order valence-electron chi connectivity index (χ1n) is 7.10. The van der Waals surface area contributed by atoms with E-state index in [-0.39, 0.29) is 6.04 Å². The minimum Gasteiger partial charge on any atom is -0.348 e. The van der Waals surface area contributed by atoms with Gasteiger partial charge in [-0.15, -0.1) is 0 Å². The number of pyridine rings is 1. The maximum absolute atomic E-state index is 4.49. The van der Waals surface area contributed by atoms with Crippen LogP contribution in [-0.4, -0.2) is 21.5 Å². The molecule has 0 bridgehead atoms. The molecule has 0 spiro atoms. The van der Waals surface area contributed by atoms with Crippen LogP contribution in [0.3, 0.4) is 0 Å². The summed E-state index contributed by atoms with van der Waals surface area (Å²) in [6.07, 6.45) is 6.32. The van der Waals surface area contributed by atoms with E-state index in [9.17, 15) is 0 Å². The lowest BCUT2D eigenvalue weighted by molar-refractivity contribution is 0.590. The zero-order valence-electron chi connectivity index (χ0n) is 11.7. The van der Waals surface area contributed by atoms with Crippen molar-refractivity contribution in [3.8, 4) is 0 Å². The fraction of sp³-hybridized carbons (Fsp3) is 0.176. The first-order valence-corrected chi connectivity index (χ1v) is 7.10. The van der Waals surface area contributed by atoms with Gasteiger partial charge in [0.05, 0.1) is 18.1 Å². The highest BCUT2D eigenvalue weighted by Crippen LogP contribution is 2.19. The van der Waals surface area contributed by atoms with E-state index < -0.39 is 0 Å². The molecule has 1 unspecified atom stereocenters.